The Balaban J connectivity index is 1.23. The van der Waals surface area contributed by atoms with E-state index in [1.807, 2.05) is 18.2 Å². The first kappa shape index (κ1) is 17.1. The summed E-state index contributed by atoms with van der Waals surface area (Å²) in [5.41, 5.74) is 9.85. The Bertz CT molecular complexity index is 835. The standard InChI is InChI=1S/C22H27N3O/c23-19-7-8-20-21(24-26-22(20)16-19)9-6-18-11-14-25(15-12-18)13-10-17-4-2-1-3-5-17/h1-5,7-8,16,18H,6,9-15,23H2. The Labute approximate surface area is 155 Å². The summed E-state index contributed by atoms with van der Waals surface area (Å²) in [6.07, 6.45) is 5.92. The van der Waals surface area contributed by atoms with E-state index in [9.17, 15) is 0 Å². The van der Waals surface area contributed by atoms with Crippen LogP contribution in [0.2, 0.25) is 0 Å². The van der Waals surface area contributed by atoms with Gasteiger partial charge in [0.2, 0.25) is 0 Å². The highest BCUT2D eigenvalue weighted by Crippen LogP contribution is 2.26. The van der Waals surface area contributed by atoms with Gasteiger partial charge >= 0.3 is 0 Å². The Hall–Kier alpha value is -2.33. The summed E-state index contributed by atoms with van der Waals surface area (Å²) in [6.45, 7) is 3.60. The average molecular weight is 349 g/mol. The lowest BCUT2D eigenvalue weighted by molar-refractivity contribution is 0.180. The van der Waals surface area contributed by atoms with Crippen molar-refractivity contribution in [2.45, 2.75) is 32.1 Å². The molecule has 1 aromatic heterocycles. The second-order valence-corrected chi connectivity index (χ2v) is 7.44. The van der Waals surface area contributed by atoms with Crippen LogP contribution in [0.25, 0.3) is 11.0 Å². The summed E-state index contributed by atoms with van der Waals surface area (Å²) in [5, 5.41) is 5.37. The molecule has 0 amide bonds. The molecule has 0 bridgehead atoms. The Morgan fingerprint density at radius 1 is 1.04 bits per heavy atom. The molecule has 0 atom stereocenters. The SMILES string of the molecule is Nc1ccc2c(CCC3CCN(CCc4ccccc4)CC3)noc2c1. The van der Waals surface area contributed by atoms with E-state index in [1.165, 1.54) is 44.5 Å². The lowest BCUT2D eigenvalue weighted by atomic mass is 9.91. The minimum atomic E-state index is 0.725. The first-order valence-electron chi connectivity index (χ1n) is 9.68. The predicted octanol–water partition coefficient (Wildman–Crippen LogP) is 4.30. The van der Waals surface area contributed by atoms with Crippen LogP contribution in [0.5, 0.6) is 0 Å². The number of hydrogen-bond acceptors (Lipinski definition) is 4. The molecule has 4 heteroatoms. The number of nitrogens with two attached hydrogens (primary N) is 1. The third kappa shape index (κ3) is 4.07. The van der Waals surface area contributed by atoms with Crippen LogP contribution >= 0.6 is 0 Å². The maximum atomic E-state index is 5.81. The van der Waals surface area contributed by atoms with Gasteiger partial charge in [-0.05, 0) is 68.8 Å². The van der Waals surface area contributed by atoms with Gasteiger partial charge < -0.3 is 15.2 Å². The molecule has 2 N–H and O–H groups in total. The van der Waals surface area contributed by atoms with Gasteiger partial charge in [0.1, 0.15) is 0 Å². The molecular weight excluding hydrogens is 322 g/mol. The number of nitrogen functional groups attached to an aromatic ring is 1. The van der Waals surface area contributed by atoms with Crippen molar-refractivity contribution in [2.75, 3.05) is 25.4 Å². The zero-order chi connectivity index (χ0) is 17.8. The van der Waals surface area contributed by atoms with Gasteiger partial charge in [-0.15, -0.1) is 0 Å². The molecule has 0 unspecified atom stereocenters. The van der Waals surface area contributed by atoms with Crippen molar-refractivity contribution in [3.05, 3.63) is 59.8 Å². The third-order valence-corrected chi connectivity index (χ3v) is 5.63. The third-order valence-electron chi connectivity index (χ3n) is 5.63. The minimum Gasteiger partial charge on any atom is -0.399 e. The van der Waals surface area contributed by atoms with Crippen LogP contribution in [0, 0.1) is 5.92 Å². The number of benzene rings is 2. The first-order chi connectivity index (χ1) is 12.8. The molecule has 0 saturated carbocycles. The number of anilines is 1. The number of aryl methyl sites for hydroxylation is 1. The second kappa shape index (κ2) is 7.92. The van der Waals surface area contributed by atoms with Crippen molar-refractivity contribution >= 4 is 16.7 Å². The summed E-state index contributed by atoms with van der Waals surface area (Å²) in [5.74, 6) is 0.795. The van der Waals surface area contributed by atoms with Gasteiger partial charge in [-0.25, -0.2) is 0 Å². The molecule has 1 saturated heterocycles. The lowest BCUT2D eigenvalue weighted by Gasteiger charge is -2.31. The molecule has 2 aromatic carbocycles. The molecule has 4 nitrogen and oxygen atoms in total. The Morgan fingerprint density at radius 2 is 1.85 bits per heavy atom. The van der Waals surface area contributed by atoms with Gasteiger partial charge in [0.25, 0.3) is 0 Å². The lowest BCUT2D eigenvalue weighted by Crippen LogP contribution is -2.35. The van der Waals surface area contributed by atoms with E-state index in [2.05, 4.69) is 40.4 Å². The Kier molecular flexibility index (Phi) is 5.21. The highest BCUT2D eigenvalue weighted by molar-refractivity contribution is 5.82. The van der Waals surface area contributed by atoms with Crippen molar-refractivity contribution in [1.29, 1.82) is 0 Å². The zero-order valence-corrected chi connectivity index (χ0v) is 15.2. The van der Waals surface area contributed by atoms with Gasteiger partial charge in [0, 0.05) is 23.7 Å². The van der Waals surface area contributed by atoms with Crippen LogP contribution in [0.1, 0.15) is 30.5 Å². The fraction of sp³-hybridized carbons (Fsp3) is 0.409. The van der Waals surface area contributed by atoms with Crippen LogP contribution in [0.4, 0.5) is 5.69 Å². The summed E-state index contributed by atoms with van der Waals surface area (Å²) in [6, 6.07) is 16.6. The number of hydrogen-bond donors (Lipinski definition) is 1. The van der Waals surface area contributed by atoms with Crippen molar-refractivity contribution in [2.24, 2.45) is 5.92 Å². The predicted molar refractivity (Wildman–Crippen MR) is 106 cm³/mol. The minimum absolute atomic E-state index is 0.725. The molecule has 0 aliphatic carbocycles. The van der Waals surface area contributed by atoms with E-state index in [0.717, 1.165) is 41.1 Å². The summed E-state index contributed by atoms with van der Waals surface area (Å²) in [7, 11) is 0. The molecule has 26 heavy (non-hydrogen) atoms. The maximum absolute atomic E-state index is 5.81. The molecule has 2 heterocycles. The smallest absolute Gasteiger partial charge is 0.169 e. The quantitative estimate of drug-likeness (QED) is 0.674. The van der Waals surface area contributed by atoms with Gasteiger partial charge in [-0.2, -0.15) is 0 Å². The molecule has 136 valence electrons. The Morgan fingerprint density at radius 3 is 2.65 bits per heavy atom. The number of piperidine rings is 1. The van der Waals surface area contributed by atoms with Gasteiger partial charge in [0.05, 0.1) is 5.69 Å². The van der Waals surface area contributed by atoms with E-state index in [4.69, 9.17) is 10.3 Å². The summed E-state index contributed by atoms with van der Waals surface area (Å²) in [4.78, 5) is 2.61. The summed E-state index contributed by atoms with van der Waals surface area (Å²) < 4.78 is 5.42. The topological polar surface area (TPSA) is 55.3 Å². The highest BCUT2D eigenvalue weighted by atomic mass is 16.5. The maximum Gasteiger partial charge on any atom is 0.169 e. The van der Waals surface area contributed by atoms with Gasteiger partial charge in [-0.1, -0.05) is 35.5 Å². The monoisotopic (exact) mass is 349 g/mol. The van der Waals surface area contributed by atoms with Gasteiger partial charge in [-0.3, -0.25) is 0 Å². The van der Waals surface area contributed by atoms with E-state index in [1.54, 1.807) is 0 Å². The van der Waals surface area contributed by atoms with Crippen LogP contribution in [-0.4, -0.2) is 29.7 Å². The first-order valence-corrected chi connectivity index (χ1v) is 9.68. The van der Waals surface area contributed by atoms with Crippen LogP contribution in [0.15, 0.2) is 53.1 Å². The van der Waals surface area contributed by atoms with Gasteiger partial charge in [0.15, 0.2) is 5.58 Å². The average Bonchev–Trinajstić information content (AvgIpc) is 3.08. The van der Waals surface area contributed by atoms with Crippen molar-refractivity contribution < 1.29 is 4.52 Å². The van der Waals surface area contributed by atoms with Crippen molar-refractivity contribution in [3.8, 4) is 0 Å². The number of fused-ring (bicyclic) bond motifs is 1. The van der Waals surface area contributed by atoms with Crippen LogP contribution in [0.3, 0.4) is 0 Å². The number of likely N-dealkylation sites (tertiary alicyclic amines) is 1. The normalized spacial score (nSPS) is 16.3. The van der Waals surface area contributed by atoms with E-state index >= 15 is 0 Å². The van der Waals surface area contributed by atoms with Crippen molar-refractivity contribution in [3.63, 3.8) is 0 Å². The number of aromatic nitrogens is 1. The molecule has 3 aromatic rings. The number of nitrogens with zero attached hydrogens (tertiary/aromatic N) is 2. The van der Waals surface area contributed by atoms with E-state index in [-0.39, 0.29) is 0 Å². The van der Waals surface area contributed by atoms with E-state index < -0.39 is 0 Å². The van der Waals surface area contributed by atoms with Crippen LogP contribution in [-0.2, 0) is 12.8 Å². The molecule has 1 aliphatic rings. The summed E-state index contributed by atoms with van der Waals surface area (Å²) >= 11 is 0. The van der Waals surface area contributed by atoms with E-state index in [0.29, 0.717) is 0 Å². The van der Waals surface area contributed by atoms with Crippen molar-refractivity contribution in [1.82, 2.24) is 10.1 Å². The highest BCUT2D eigenvalue weighted by Gasteiger charge is 2.20. The number of rotatable bonds is 6. The molecule has 4 rings (SSSR count). The zero-order valence-electron chi connectivity index (χ0n) is 15.2. The van der Waals surface area contributed by atoms with Crippen LogP contribution < -0.4 is 5.73 Å². The molecule has 1 aliphatic heterocycles. The molecule has 0 spiro atoms. The largest absolute Gasteiger partial charge is 0.399 e. The molecular formula is C22H27N3O. The second-order valence-electron chi connectivity index (χ2n) is 7.44. The molecule has 1 fully saturated rings. The fourth-order valence-electron chi connectivity index (χ4n) is 3.96. The fourth-order valence-corrected chi connectivity index (χ4v) is 3.96. The molecule has 0 radical (unpaired) electrons.